The number of hydrogen-bond acceptors (Lipinski definition) is 3. The number of carbonyl (C=O) groups excluding carboxylic acids is 1. The highest BCUT2D eigenvalue weighted by Gasteiger charge is 2.13. The minimum absolute atomic E-state index is 0.0954. The molecule has 0 aliphatic heterocycles. The average Bonchev–Trinajstić information content (AvgIpc) is 2.97. The first-order valence-electron chi connectivity index (χ1n) is 15.2. The van der Waals surface area contributed by atoms with E-state index in [0.717, 1.165) is 54.7 Å². The Bertz CT molecular complexity index is 1090. The van der Waals surface area contributed by atoms with E-state index in [0.29, 0.717) is 6.42 Å². The minimum atomic E-state index is -0.249. The van der Waals surface area contributed by atoms with E-state index in [1.165, 1.54) is 56.1 Å². The van der Waals surface area contributed by atoms with E-state index in [9.17, 15) is 4.79 Å². The van der Waals surface area contributed by atoms with Gasteiger partial charge in [-0.05, 0) is 59.7 Å². The molecule has 0 aliphatic carbocycles. The van der Waals surface area contributed by atoms with Gasteiger partial charge >= 0.3 is 5.97 Å². The lowest BCUT2D eigenvalue weighted by Gasteiger charge is -2.15. The lowest BCUT2D eigenvalue weighted by molar-refractivity contribution is -0.148. The smallest absolute Gasteiger partial charge is 0.306 e. The Balaban J connectivity index is 1.50. The Labute approximate surface area is 237 Å². The second-order valence-corrected chi connectivity index (χ2v) is 10.6. The van der Waals surface area contributed by atoms with Gasteiger partial charge in [0.05, 0.1) is 6.61 Å². The molecule has 0 bridgehead atoms. The summed E-state index contributed by atoms with van der Waals surface area (Å²) in [5, 5.41) is 0. The molecule has 3 nitrogen and oxygen atoms in total. The Morgan fingerprint density at radius 3 is 1.72 bits per heavy atom. The fourth-order valence-corrected chi connectivity index (χ4v) is 4.89. The molecule has 1 atom stereocenters. The van der Waals surface area contributed by atoms with Crippen molar-refractivity contribution in [2.45, 2.75) is 104 Å². The van der Waals surface area contributed by atoms with Crippen LogP contribution in [0.3, 0.4) is 0 Å². The van der Waals surface area contributed by atoms with Crippen LogP contribution in [0.4, 0.5) is 0 Å². The van der Waals surface area contributed by atoms with Crippen LogP contribution in [-0.2, 0) is 9.53 Å². The molecule has 0 aromatic heterocycles. The highest BCUT2D eigenvalue weighted by Crippen LogP contribution is 2.33. The monoisotopic (exact) mass is 528 g/mol. The SMILES string of the molecule is CCCCCCCCCCCC(=O)OC(C)c1ccc(-c2ccccc2-c2ccc(OCCCC)cc2)cc1. The Morgan fingerprint density at radius 2 is 1.15 bits per heavy atom. The Hall–Kier alpha value is -3.07. The summed E-state index contributed by atoms with van der Waals surface area (Å²) in [5.74, 6) is 0.817. The van der Waals surface area contributed by atoms with Gasteiger partial charge < -0.3 is 9.47 Å². The summed E-state index contributed by atoms with van der Waals surface area (Å²) in [6.07, 6.45) is 13.7. The summed E-state index contributed by atoms with van der Waals surface area (Å²) in [7, 11) is 0. The molecule has 0 amide bonds. The molecule has 0 spiro atoms. The van der Waals surface area contributed by atoms with Gasteiger partial charge in [0.25, 0.3) is 0 Å². The topological polar surface area (TPSA) is 35.5 Å². The van der Waals surface area contributed by atoms with Gasteiger partial charge in [-0.2, -0.15) is 0 Å². The molecule has 0 saturated heterocycles. The van der Waals surface area contributed by atoms with Crippen molar-refractivity contribution in [3.8, 4) is 28.0 Å². The number of hydrogen-bond donors (Lipinski definition) is 0. The fraction of sp³-hybridized carbons (Fsp3) is 0.472. The van der Waals surface area contributed by atoms with Gasteiger partial charge in [0.15, 0.2) is 0 Å². The van der Waals surface area contributed by atoms with Crippen molar-refractivity contribution >= 4 is 5.97 Å². The van der Waals surface area contributed by atoms with E-state index in [1.807, 2.05) is 6.92 Å². The maximum Gasteiger partial charge on any atom is 0.306 e. The molecule has 39 heavy (non-hydrogen) atoms. The van der Waals surface area contributed by atoms with Crippen LogP contribution in [0.2, 0.25) is 0 Å². The number of esters is 1. The van der Waals surface area contributed by atoms with E-state index in [2.05, 4.69) is 86.6 Å². The maximum atomic E-state index is 12.4. The zero-order chi connectivity index (χ0) is 27.7. The third-order valence-corrected chi connectivity index (χ3v) is 7.34. The molecule has 3 aromatic carbocycles. The molecule has 3 aromatic rings. The van der Waals surface area contributed by atoms with E-state index in [4.69, 9.17) is 9.47 Å². The zero-order valence-corrected chi connectivity index (χ0v) is 24.4. The van der Waals surface area contributed by atoms with Gasteiger partial charge in [0.1, 0.15) is 11.9 Å². The molecule has 0 heterocycles. The van der Waals surface area contributed by atoms with Crippen LogP contribution in [0.1, 0.15) is 109 Å². The van der Waals surface area contributed by atoms with Gasteiger partial charge in [0.2, 0.25) is 0 Å². The number of rotatable bonds is 18. The van der Waals surface area contributed by atoms with Crippen molar-refractivity contribution in [3.63, 3.8) is 0 Å². The molecule has 210 valence electrons. The fourth-order valence-electron chi connectivity index (χ4n) is 4.89. The van der Waals surface area contributed by atoms with Gasteiger partial charge in [-0.1, -0.05) is 132 Å². The van der Waals surface area contributed by atoms with Crippen LogP contribution >= 0.6 is 0 Å². The number of ether oxygens (including phenoxy) is 2. The molecule has 0 saturated carbocycles. The highest BCUT2D eigenvalue weighted by molar-refractivity contribution is 5.83. The first-order chi connectivity index (χ1) is 19.1. The molecule has 0 aliphatic rings. The minimum Gasteiger partial charge on any atom is -0.494 e. The average molecular weight is 529 g/mol. The van der Waals surface area contributed by atoms with E-state index >= 15 is 0 Å². The third kappa shape index (κ3) is 10.5. The van der Waals surface area contributed by atoms with Crippen LogP contribution < -0.4 is 4.74 Å². The zero-order valence-electron chi connectivity index (χ0n) is 24.4. The quantitative estimate of drug-likeness (QED) is 0.122. The third-order valence-electron chi connectivity index (χ3n) is 7.34. The van der Waals surface area contributed by atoms with Crippen LogP contribution in [0.5, 0.6) is 5.75 Å². The van der Waals surface area contributed by atoms with Crippen LogP contribution in [-0.4, -0.2) is 12.6 Å². The summed E-state index contributed by atoms with van der Waals surface area (Å²) in [6, 6.07) is 25.2. The standard InChI is InChI=1S/C36H48O3/c1-4-6-8-9-10-11-12-13-14-19-36(37)39-29(3)30-20-22-31(23-21-30)34-17-15-16-18-35(34)32-24-26-33(27-25-32)38-28-7-5-2/h15-18,20-27,29H,4-14,19,28H2,1-3H3. The second kappa shape index (κ2) is 17.5. The Morgan fingerprint density at radius 1 is 0.641 bits per heavy atom. The van der Waals surface area contributed by atoms with Crippen molar-refractivity contribution < 1.29 is 14.3 Å². The van der Waals surface area contributed by atoms with Crippen molar-refractivity contribution in [1.82, 2.24) is 0 Å². The number of carbonyl (C=O) groups is 1. The van der Waals surface area contributed by atoms with Crippen molar-refractivity contribution in [2.24, 2.45) is 0 Å². The van der Waals surface area contributed by atoms with E-state index in [1.54, 1.807) is 0 Å². The molecule has 0 N–H and O–H groups in total. The van der Waals surface area contributed by atoms with Crippen LogP contribution in [0.15, 0.2) is 72.8 Å². The first kappa shape index (κ1) is 30.5. The van der Waals surface area contributed by atoms with Gasteiger partial charge in [0, 0.05) is 6.42 Å². The Kier molecular flexibility index (Phi) is 13.7. The summed E-state index contributed by atoms with van der Waals surface area (Å²) in [4.78, 5) is 12.4. The maximum absolute atomic E-state index is 12.4. The lowest BCUT2D eigenvalue weighted by Crippen LogP contribution is -2.08. The van der Waals surface area contributed by atoms with Gasteiger partial charge in [-0.3, -0.25) is 4.79 Å². The van der Waals surface area contributed by atoms with Gasteiger partial charge in [-0.25, -0.2) is 0 Å². The summed E-state index contributed by atoms with van der Waals surface area (Å²) in [6.45, 7) is 7.14. The van der Waals surface area contributed by atoms with Crippen molar-refractivity contribution in [2.75, 3.05) is 6.61 Å². The summed E-state index contributed by atoms with van der Waals surface area (Å²) in [5.41, 5.74) is 5.69. The van der Waals surface area contributed by atoms with E-state index < -0.39 is 0 Å². The predicted molar refractivity (Wildman–Crippen MR) is 164 cm³/mol. The molecular formula is C36H48O3. The molecule has 0 fully saturated rings. The van der Waals surface area contributed by atoms with Crippen LogP contribution in [0.25, 0.3) is 22.3 Å². The molecule has 0 radical (unpaired) electrons. The molecule has 3 heteroatoms. The largest absolute Gasteiger partial charge is 0.494 e. The van der Waals surface area contributed by atoms with Crippen molar-refractivity contribution in [3.05, 3.63) is 78.4 Å². The van der Waals surface area contributed by atoms with E-state index in [-0.39, 0.29) is 12.1 Å². The summed E-state index contributed by atoms with van der Waals surface area (Å²) >= 11 is 0. The second-order valence-electron chi connectivity index (χ2n) is 10.6. The predicted octanol–water partition coefficient (Wildman–Crippen LogP) is 10.7. The summed E-state index contributed by atoms with van der Waals surface area (Å²) < 4.78 is 11.6. The normalized spacial score (nSPS) is 11.8. The van der Waals surface area contributed by atoms with Gasteiger partial charge in [-0.15, -0.1) is 0 Å². The molecular weight excluding hydrogens is 480 g/mol. The first-order valence-corrected chi connectivity index (χ1v) is 15.2. The van der Waals surface area contributed by atoms with Crippen molar-refractivity contribution in [1.29, 1.82) is 0 Å². The highest BCUT2D eigenvalue weighted by atomic mass is 16.5. The number of unbranched alkanes of at least 4 members (excludes halogenated alkanes) is 9. The number of benzene rings is 3. The lowest BCUT2D eigenvalue weighted by atomic mass is 9.94. The molecule has 1 unspecified atom stereocenters. The molecule has 3 rings (SSSR count). The van der Waals surface area contributed by atoms with Crippen LogP contribution in [0, 0.1) is 0 Å².